The number of methoxy groups -OCH3 is 1. The van der Waals surface area contributed by atoms with Crippen molar-refractivity contribution >= 4 is 46.7 Å². The molecule has 0 saturated heterocycles. The number of alkyl halides is 3. The zero-order chi connectivity index (χ0) is 16.6. The molecule has 0 spiro atoms. The lowest BCUT2D eigenvalue weighted by Crippen LogP contribution is -2.31. The summed E-state index contributed by atoms with van der Waals surface area (Å²) in [5, 5.41) is 8.99. The van der Waals surface area contributed by atoms with E-state index in [4.69, 9.17) is 49.5 Å². The van der Waals surface area contributed by atoms with Crippen molar-refractivity contribution < 1.29 is 19.1 Å². The first kappa shape index (κ1) is 18.1. The van der Waals surface area contributed by atoms with Gasteiger partial charge in [0.25, 0.3) is 3.79 Å². The molecule has 21 heavy (non-hydrogen) atoms. The minimum Gasteiger partial charge on any atom is -0.469 e. The fourth-order valence-corrected chi connectivity index (χ4v) is 2.56. The van der Waals surface area contributed by atoms with Crippen LogP contribution in [-0.2, 0) is 19.1 Å². The molecular weight excluding hydrogens is 341 g/mol. The number of hydrogen-bond acceptors (Lipinski definition) is 5. The van der Waals surface area contributed by atoms with Gasteiger partial charge < -0.3 is 9.47 Å². The smallest absolute Gasteiger partial charge is 0.359 e. The largest absolute Gasteiger partial charge is 0.469 e. The van der Waals surface area contributed by atoms with Crippen molar-refractivity contribution in [2.75, 3.05) is 7.11 Å². The number of halogens is 3. The molecule has 3 atom stereocenters. The van der Waals surface area contributed by atoms with Crippen LogP contribution in [-0.4, -0.2) is 28.9 Å². The van der Waals surface area contributed by atoms with Crippen LogP contribution in [0.15, 0.2) is 12.2 Å². The molecule has 5 nitrogen and oxygen atoms in total. The third-order valence-corrected chi connectivity index (χ3v) is 4.11. The number of rotatable bonds is 4. The Labute approximate surface area is 137 Å². The zero-order valence-electron chi connectivity index (χ0n) is 11.7. The van der Waals surface area contributed by atoms with Crippen LogP contribution in [0.3, 0.4) is 0 Å². The van der Waals surface area contributed by atoms with E-state index >= 15 is 0 Å². The second-order valence-electron chi connectivity index (χ2n) is 5.31. The van der Waals surface area contributed by atoms with Crippen molar-refractivity contribution in [1.29, 1.82) is 5.26 Å². The Hall–Kier alpha value is -0.960. The Morgan fingerprint density at radius 3 is 2.29 bits per heavy atom. The third-order valence-electron chi connectivity index (χ3n) is 3.64. The maximum Gasteiger partial charge on any atom is 0.359 e. The van der Waals surface area contributed by atoms with Crippen molar-refractivity contribution in [3.8, 4) is 6.07 Å². The van der Waals surface area contributed by atoms with Gasteiger partial charge in [0.15, 0.2) is 0 Å². The predicted molar refractivity (Wildman–Crippen MR) is 77.7 cm³/mol. The number of hydrogen-bond donors (Lipinski definition) is 0. The molecule has 0 heterocycles. The minimum atomic E-state index is -2.27. The van der Waals surface area contributed by atoms with Crippen molar-refractivity contribution in [1.82, 2.24) is 0 Å². The van der Waals surface area contributed by atoms with E-state index < -0.39 is 39.1 Å². The number of nitrogens with zero attached hydrogens (tertiary/aromatic N) is 1. The molecule has 8 heteroatoms. The maximum atomic E-state index is 11.7. The topological polar surface area (TPSA) is 76.4 Å². The SMILES string of the molecule is C=C(C#N)C(OC(=O)C(Cl)(Cl)Cl)C1C(C(=O)OC)C1(C)C. The Balaban J connectivity index is 3.02. The average Bonchev–Trinajstić information content (AvgIpc) is 2.95. The summed E-state index contributed by atoms with van der Waals surface area (Å²) in [4.78, 5) is 23.4. The normalized spacial score (nSPS) is 24.4. The lowest BCUT2D eigenvalue weighted by Gasteiger charge is -2.20. The van der Waals surface area contributed by atoms with Gasteiger partial charge in [0, 0.05) is 5.92 Å². The summed E-state index contributed by atoms with van der Waals surface area (Å²) >= 11 is 16.4. The van der Waals surface area contributed by atoms with Crippen molar-refractivity contribution in [3.05, 3.63) is 12.2 Å². The fourth-order valence-electron chi connectivity index (χ4n) is 2.43. The second-order valence-corrected chi connectivity index (χ2v) is 7.59. The van der Waals surface area contributed by atoms with Crippen LogP contribution in [0, 0.1) is 28.6 Å². The van der Waals surface area contributed by atoms with E-state index in [2.05, 4.69) is 6.58 Å². The number of carbonyl (C=O) groups is 2. The zero-order valence-corrected chi connectivity index (χ0v) is 13.9. The summed E-state index contributed by atoms with van der Waals surface area (Å²) < 4.78 is 7.52. The van der Waals surface area contributed by atoms with Crippen LogP contribution < -0.4 is 0 Å². The first-order valence-electron chi connectivity index (χ1n) is 5.93. The van der Waals surface area contributed by atoms with Gasteiger partial charge in [-0.05, 0) is 5.41 Å². The minimum absolute atomic E-state index is 0.0259. The Morgan fingerprint density at radius 1 is 1.38 bits per heavy atom. The van der Waals surface area contributed by atoms with E-state index in [0.29, 0.717) is 0 Å². The van der Waals surface area contributed by atoms with E-state index in [1.54, 1.807) is 19.9 Å². The summed E-state index contributed by atoms with van der Waals surface area (Å²) in [5.41, 5.74) is -0.548. The molecule has 0 aromatic heterocycles. The molecule has 1 aliphatic rings. The third kappa shape index (κ3) is 3.63. The monoisotopic (exact) mass is 353 g/mol. The lowest BCUT2D eigenvalue weighted by atomic mass is 10.0. The van der Waals surface area contributed by atoms with Crippen LogP contribution in [0.1, 0.15) is 13.8 Å². The molecule has 0 amide bonds. The van der Waals surface area contributed by atoms with Gasteiger partial charge in [-0.1, -0.05) is 55.2 Å². The van der Waals surface area contributed by atoms with E-state index in [1.165, 1.54) is 7.11 Å². The Kier molecular flexibility index (Phi) is 5.20. The summed E-state index contributed by atoms with van der Waals surface area (Å²) in [6, 6.07) is 1.81. The quantitative estimate of drug-likeness (QED) is 0.441. The highest BCUT2D eigenvalue weighted by Gasteiger charge is 2.67. The van der Waals surface area contributed by atoms with Crippen molar-refractivity contribution in [2.24, 2.45) is 17.3 Å². The molecule has 1 rings (SSSR count). The first-order valence-corrected chi connectivity index (χ1v) is 7.06. The van der Waals surface area contributed by atoms with Crippen LogP contribution in [0.25, 0.3) is 0 Å². The highest BCUT2D eigenvalue weighted by atomic mass is 35.6. The van der Waals surface area contributed by atoms with Gasteiger partial charge in [-0.2, -0.15) is 5.26 Å². The van der Waals surface area contributed by atoms with Crippen LogP contribution in [0.5, 0.6) is 0 Å². The number of carbonyl (C=O) groups excluding carboxylic acids is 2. The molecule has 0 aromatic rings. The summed E-state index contributed by atoms with van der Waals surface area (Å²) in [5.74, 6) is -2.57. The molecule has 3 unspecified atom stereocenters. The van der Waals surface area contributed by atoms with Crippen molar-refractivity contribution in [3.63, 3.8) is 0 Å². The summed E-state index contributed by atoms with van der Waals surface area (Å²) in [6.07, 6.45) is -1.04. The van der Waals surface area contributed by atoms with E-state index in [9.17, 15) is 9.59 Å². The van der Waals surface area contributed by atoms with Gasteiger partial charge in [0.1, 0.15) is 6.10 Å². The van der Waals surface area contributed by atoms with Crippen molar-refractivity contribution in [2.45, 2.75) is 23.7 Å². The van der Waals surface area contributed by atoms with E-state index in [0.717, 1.165) is 0 Å². The Morgan fingerprint density at radius 2 is 1.90 bits per heavy atom. The number of nitriles is 1. The summed E-state index contributed by atoms with van der Waals surface area (Å²) in [6.45, 7) is 7.12. The second kappa shape index (κ2) is 6.04. The predicted octanol–water partition coefficient (Wildman–Crippen LogP) is 2.79. The standard InChI is InChI=1S/C13H14Cl3NO4/c1-6(5-17)9(21-11(19)13(14,15)16)7-8(10(18)20-4)12(7,2)3/h7-9H,1H2,2-4H3. The first-order chi connectivity index (χ1) is 9.48. The molecule has 1 fully saturated rings. The van der Waals surface area contributed by atoms with Crippen LogP contribution >= 0.6 is 34.8 Å². The number of esters is 2. The van der Waals surface area contributed by atoms with Gasteiger partial charge in [0.05, 0.1) is 24.7 Å². The molecule has 0 aromatic carbocycles. The summed E-state index contributed by atoms with van der Waals surface area (Å²) in [7, 11) is 1.26. The average molecular weight is 355 g/mol. The molecule has 0 aliphatic heterocycles. The fraction of sp³-hybridized carbons (Fsp3) is 0.615. The number of ether oxygens (including phenoxy) is 2. The molecular formula is C13H14Cl3NO4. The molecule has 116 valence electrons. The van der Waals surface area contributed by atoms with Gasteiger partial charge in [-0.15, -0.1) is 0 Å². The molecule has 0 radical (unpaired) electrons. The van der Waals surface area contributed by atoms with E-state index in [1.807, 2.05) is 0 Å². The van der Waals surface area contributed by atoms with Gasteiger partial charge in [0.2, 0.25) is 0 Å². The lowest BCUT2D eigenvalue weighted by molar-refractivity contribution is -0.149. The van der Waals surface area contributed by atoms with Gasteiger partial charge >= 0.3 is 11.9 Å². The van der Waals surface area contributed by atoms with Gasteiger partial charge in [-0.3, -0.25) is 4.79 Å². The highest BCUT2D eigenvalue weighted by Crippen LogP contribution is 2.62. The van der Waals surface area contributed by atoms with E-state index in [-0.39, 0.29) is 5.57 Å². The van der Waals surface area contributed by atoms with Gasteiger partial charge in [-0.25, -0.2) is 4.79 Å². The molecule has 1 saturated carbocycles. The maximum absolute atomic E-state index is 11.7. The molecule has 0 N–H and O–H groups in total. The molecule has 0 bridgehead atoms. The highest BCUT2D eigenvalue weighted by molar-refractivity contribution is 6.75. The Bertz CT molecular complexity index is 518. The van der Waals surface area contributed by atoms with Crippen LogP contribution in [0.2, 0.25) is 0 Å². The van der Waals surface area contributed by atoms with Crippen LogP contribution in [0.4, 0.5) is 0 Å². The molecule has 1 aliphatic carbocycles.